The number of aliphatic hydroxyl groups is 1. The molecule has 16 heteroatoms. The molecule has 2 aliphatic heterocycles. The monoisotopic (exact) mass is 732 g/mol. The zero-order chi connectivity index (χ0) is 37.1. The zero-order valence-corrected chi connectivity index (χ0v) is 30.5. The number of aryl methyl sites for hydroxylation is 3. The molecule has 1 unspecified atom stereocenters. The Balaban J connectivity index is 1.05. The van der Waals surface area contributed by atoms with Gasteiger partial charge in [-0.3, -0.25) is 28.7 Å². The second-order valence-electron chi connectivity index (χ2n) is 14.5. The number of aromatic nitrogens is 6. The molecule has 0 aliphatic carbocycles. The number of hydrogen-bond acceptors (Lipinski definition) is 10. The molecule has 14 nitrogen and oxygen atoms in total. The molecule has 3 aromatic heterocycles. The van der Waals surface area contributed by atoms with E-state index < -0.39 is 17.3 Å². The number of imidazole rings is 1. The van der Waals surface area contributed by atoms with E-state index in [0.717, 1.165) is 23.0 Å². The highest BCUT2D eigenvalue weighted by atomic mass is 35.5. The van der Waals surface area contributed by atoms with Gasteiger partial charge in [0.05, 0.1) is 40.1 Å². The number of imide groups is 1. The third kappa shape index (κ3) is 6.70. The smallest absolute Gasteiger partial charge is 0.328 e. The highest BCUT2D eigenvalue weighted by Crippen LogP contribution is 2.34. The van der Waals surface area contributed by atoms with Gasteiger partial charge in [-0.1, -0.05) is 18.5 Å². The minimum absolute atomic E-state index is 0.104. The number of anilines is 4. The number of halogens is 2. The molecule has 2 aliphatic rings. The Hall–Kier alpha value is -5.02. The average Bonchev–Trinajstić information content (AvgIpc) is 3.54. The third-order valence-corrected chi connectivity index (χ3v) is 10.4. The Morgan fingerprint density at radius 2 is 1.90 bits per heavy atom. The van der Waals surface area contributed by atoms with E-state index in [0.29, 0.717) is 43.1 Å². The standard InChI is InChI=1S/C36H42ClFN10O4/c1-19-18-47(14-12-24(19)40-20-6-7-21-27(16-20)46(5)44-30(21)22-8-11-28(49)42-33(22)50)34-39-17-23(37)32(43-34)41-25-9-10-26-31(29(25)38)48(35(51)45(26)4)15-13-36(2,3)52/h6-7,9-10,16-17,19,22,24,40,52H,8,11-15,18H2,1-5H3,(H,39,41,43)(H,42,49,50)/t19-,22?,24-/m1/s1. The molecule has 5 aromatic rings. The van der Waals surface area contributed by atoms with Crippen LogP contribution in [-0.2, 0) is 30.2 Å². The summed E-state index contributed by atoms with van der Waals surface area (Å²) in [5.41, 5.74) is 1.78. The van der Waals surface area contributed by atoms with Gasteiger partial charge in [0.25, 0.3) is 0 Å². The van der Waals surface area contributed by atoms with Crippen LogP contribution in [0.3, 0.4) is 0 Å². The Labute approximate surface area is 304 Å². The first-order valence-corrected chi connectivity index (χ1v) is 17.8. The zero-order valence-electron chi connectivity index (χ0n) is 29.7. The van der Waals surface area contributed by atoms with Gasteiger partial charge in [-0.2, -0.15) is 10.1 Å². The quantitative estimate of drug-likeness (QED) is 0.158. The van der Waals surface area contributed by atoms with E-state index in [4.69, 9.17) is 11.6 Å². The predicted molar refractivity (Wildman–Crippen MR) is 198 cm³/mol. The maximum atomic E-state index is 16.1. The Morgan fingerprint density at radius 3 is 2.63 bits per heavy atom. The fourth-order valence-corrected chi connectivity index (χ4v) is 7.36. The van der Waals surface area contributed by atoms with Gasteiger partial charge in [-0.05, 0) is 69.4 Å². The number of carbonyl (C=O) groups excluding carboxylic acids is 2. The number of rotatable bonds is 9. The highest BCUT2D eigenvalue weighted by Gasteiger charge is 2.32. The maximum Gasteiger partial charge on any atom is 0.328 e. The number of fused-ring (bicyclic) bond motifs is 2. The van der Waals surface area contributed by atoms with Crippen LogP contribution in [-0.4, -0.2) is 70.5 Å². The van der Waals surface area contributed by atoms with E-state index in [2.05, 4.69) is 42.8 Å². The van der Waals surface area contributed by atoms with Crippen molar-refractivity contribution in [1.29, 1.82) is 0 Å². The topological polar surface area (TPSA) is 164 Å². The van der Waals surface area contributed by atoms with Crippen molar-refractivity contribution in [1.82, 2.24) is 34.2 Å². The normalized spacial score (nSPS) is 19.8. The van der Waals surface area contributed by atoms with Gasteiger partial charge in [0.1, 0.15) is 10.5 Å². The van der Waals surface area contributed by atoms with E-state index in [1.807, 2.05) is 25.2 Å². The molecule has 2 amide bonds. The molecular formula is C36H42ClFN10O4. The van der Waals surface area contributed by atoms with Crippen LogP contribution in [0.25, 0.3) is 21.9 Å². The van der Waals surface area contributed by atoms with Crippen molar-refractivity contribution in [3.05, 3.63) is 63.5 Å². The van der Waals surface area contributed by atoms with E-state index >= 15 is 4.39 Å². The fourth-order valence-electron chi connectivity index (χ4n) is 7.22. The van der Waals surface area contributed by atoms with Gasteiger partial charge in [0.2, 0.25) is 17.8 Å². The summed E-state index contributed by atoms with van der Waals surface area (Å²) in [5, 5.41) is 25.1. The van der Waals surface area contributed by atoms with Crippen molar-refractivity contribution in [2.75, 3.05) is 28.6 Å². The lowest BCUT2D eigenvalue weighted by molar-refractivity contribution is -0.134. The first-order valence-electron chi connectivity index (χ1n) is 17.4. The SMILES string of the molecule is C[C@@H]1CN(c2ncc(Cl)c(Nc3ccc4c(c3F)n(CCC(C)(C)O)c(=O)n4C)n2)CC[C@H]1Nc1ccc2c(C3CCC(=O)NC3=O)nn(C)c2c1. The first kappa shape index (κ1) is 35.4. The summed E-state index contributed by atoms with van der Waals surface area (Å²) in [7, 11) is 3.44. The summed E-state index contributed by atoms with van der Waals surface area (Å²) in [6.07, 6.45) is 3.29. The van der Waals surface area contributed by atoms with Gasteiger partial charge in [0.15, 0.2) is 11.6 Å². The van der Waals surface area contributed by atoms with Crippen molar-refractivity contribution in [3.8, 4) is 0 Å². The molecule has 52 heavy (non-hydrogen) atoms. The lowest BCUT2D eigenvalue weighted by Gasteiger charge is -2.37. The Morgan fingerprint density at radius 1 is 1.12 bits per heavy atom. The van der Waals surface area contributed by atoms with Gasteiger partial charge in [-0.15, -0.1) is 0 Å². The summed E-state index contributed by atoms with van der Waals surface area (Å²) in [5.74, 6) is -0.755. The summed E-state index contributed by atoms with van der Waals surface area (Å²) < 4.78 is 20.6. The summed E-state index contributed by atoms with van der Waals surface area (Å²) in [6.45, 7) is 6.91. The van der Waals surface area contributed by atoms with Crippen LogP contribution in [0, 0.1) is 11.7 Å². The molecule has 0 saturated carbocycles. The van der Waals surface area contributed by atoms with E-state index in [9.17, 15) is 19.5 Å². The number of carbonyl (C=O) groups is 2. The van der Waals surface area contributed by atoms with Crippen molar-refractivity contribution >= 4 is 68.5 Å². The average molecular weight is 733 g/mol. The van der Waals surface area contributed by atoms with Crippen molar-refractivity contribution in [2.45, 2.75) is 70.6 Å². The second-order valence-corrected chi connectivity index (χ2v) is 15.0. The van der Waals surface area contributed by atoms with E-state index in [1.165, 1.54) is 15.3 Å². The maximum absolute atomic E-state index is 16.1. The molecule has 2 saturated heterocycles. The summed E-state index contributed by atoms with van der Waals surface area (Å²) in [4.78, 5) is 48.4. The van der Waals surface area contributed by atoms with E-state index in [-0.39, 0.29) is 64.5 Å². The molecule has 3 atom stereocenters. The van der Waals surface area contributed by atoms with Crippen LogP contribution in [0.2, 0.25) is 5.02 Å². The fraction of sp³-hybridized carbons (Fsp3) is 0.444. The van der Waals surface area contributed by atoms with Crippen LogP contribution in [0.15, 0.2) is 41.3 Å². The number of nitrogens with one attached hydrogen (secondary N) is 3. The van der Waals surface area contributed by atoms with Crippen LogP contribution in [0.5, 0.6) is 0 Å². The predicted octanol–water partition coefficient (Wildman–Crippen LogP) is 4.56. The summed E-state index contributed by atoms with van der Waals surface area (Å²) >= 11 is 6.50. The van der Waals surface area contributed by atoms with Crippen LogP contribution in [0.4, 0.5) is 27.5 Å². The van der Waals surface area contributed by atoms with Gasteiger partial charge in [0, 0.05) is 57.3 Å². The first-order chi connectivity index (χ1) is 24.7. The van der Waals surface area contributed by atoms with Crippen molar-refractivity contribution < 1.29 is 19.1 Å². The second kappa shape index (κ2) is 13.5. The minimum atomic E-state index is -1.03. The van der Waals surface area contributed by atoms with E-state index in [1.54, 1.807) is 37.7 Å². The third-order valence-electron chi connectivity index (χ3n) is 10.2. The molecule has 2 aromatic carbocycles. The van der Waals surface area contributed by atoms with Gasteiger partial charge in [-0.25, -0.2) is 14.2 Å². The molecular weight excluding hydrogens is 691 g/mol. The van der Waals surface area contributed by atoms with Gasteiger partial charge < -0.3 is 20.6 Å². The molecule has 0 spiro atoms. The largest absolute Gasteiger partial charge is 0.390 e. The number of piperidine rings is 2. The number of benzene rings is 2. The molecule has 7 rings (SSSR count). The number of nitrogens with zero attached hydrogens (tertiary/aromatic N) is 7. The van der Waals surface area contributed by atoms with Gasteiger partial charge >= 0.3 is 5.69 Å². The lowest BCUT2D eigenvalue weighted by Crippen LogP contribution is -2.46. The Bertz CT molecular complexity index is 2280. The van der Waals surface area contributed by atoms with Crippen molar-refractivity contribution in [2.24, 2.45) is 20.0 Å². The molecule has 2 fully saturated rings. The lowest BCUT2D eigenvalue weighted by atomic mass is 9.92. The Kier molecular flexibility index (Phi) is 9.19. The molecule has 4 N–H and O–H groups in total. The van der Waals surface area contributed by atoms with Crippen LogP contribution in [0.1, 0.15) is 58.1 Å². The number of amides is 2. The molecule has 5 heterocycles. The van der Waals surface area contributed by atoms with Crippen LogP contribution < -0.4 is 26.5 Å². The molecule has 0 bridgehead atoms. The molecule has 274 valence electrons. The summed E-state index contributed by atoms with van der Waals surface area (Å²) in [6, 6.07) is 9.39. The molecule has 0 radical (unpaired) electrons. The minimum Gasteiger partial charge on any atom is -0.390 e. The number of hydrogen-bond donors (Lipinski definition) is 4. The van der Waals surface area contributed by atoms with Crippen LogP contribution >= 0.6 is 11.6 Å². The highest BCUT2D eigenvalue weighted by molar-refractivity contribution is 6.33. The van der Waals surface area contributed by atoms with Crippen molar-refractivity contribution in [3.63, 3.8) is 0 Å².